The van der Waals surface area contributed by atoms with Gasteiger partial charge in [0, 0.05) is 29.2 Å². The van der Waals surface area contributed by atoms with E-state index in [1.54, 1.807) is 13.1 Å². The highest BCUT2D eigenvalue weighted by molar-refractivity contribution is 5.82. The van der Waals surface area contributed by atoms with E-state index >= 15 is 0 Å². The quantitative estimate of drug-likeness (QED) is 0.345. The van der Waals surface area contributed by atoms with Gasteiger partial charge in [-0.25, -0.2) is 14.6 Å². The number of alkyl halides is 3. The van der Waals surface area contributed by atoms with Gasteiger partial charge in [0.25, 0.3) is 0 Å². The molecular formula is C27H28F3N5. The number of rotatable bonds is 5. The molecule has 1 atom stereocenters. The second-order valence-electron chi connectivity index (χ2n) is 9.41. The summed E-state index contributed by atoms with van der Waals surface area (Å²) in [5.74, 6) is 0.138. The number of aryl methyl sites for hydroxylation is 1. The molecule has 0 unspecified atom stereocenters. The van der Waals surface area contributed by atoms with Gasteiger partial charge in [0.05, 0.1) is 28.7 Å². The first-order valence-corrected chi connectivity index (χ1v) is 11.9. The smallest absolute Gasteiger partial charge is 0.300 e. The lowest BCUT2D eigenvalue weighted by Crippen LogP contribution is -2.28. The summed E-state index contributed by atoms with van der Waals surface area (Å²) in [6.07, 6.45) is 0.760. The molecule has 0 aliphatic carbocycles. The predicted molar refractivity (Wildman–Crippen MR) is 131 cm³/mol. The number of hydrogen-bond acceptors (Lipinski definition) is 4. The van der Waals surface area contributed by atoms with Crippen LogP contribution < -0.4 is 0 Å². The van der Waals surface area contributed by atoms with E-state index in [0.717, 1.165) is 47.3 Å². The van der Waals surface area contributed by atoms with E-state index in [-0.39, 0.29) is 11.5 Å². The third-order valence-corrected chi connectivity index (χ3v) is 6.90. The van der Waals surface area contributed by atoms with Crippen LogP contribution in [0.15, 0.2) is 48.7 Å². The molecule has 3 aromatic heterocycles. The first-order valence-electron chi connectivity index (χ1n) is 11.9. The molecule has 0 amide bonds. The first-order chi connectivity index (χ1) is 16.7. The van der Waals surface area contributed by atoms with E-state index in [9.17, 15) is 13.2 Å². The third kappa shape index (κ3) is 4.80. The van der Waals surface area contributed by atoms with Crippen molar-refractivity contribution < 1.29 is 13.2 Å². The van der Waals surface area contributed by atoms with Crippen LogP contribution in [0.1, 0.15) is 42.3 Å². The van der Waals surface area contributed by atoms with Crippen LogP contribution in [0.25, 0.3) is 28.0 Å². The Morgan fingerprint density at radius 3 is 2.60 bits per heavy atom. The van der Waals surface area contributed by atoms with E-state index in [4.69, 9.17) is 4.98 Å². The maximum absolute atomic E-state index is 13.3. The Morgan fingerprint density at radius 1 is 1.03 bits per heavy atom. The van der Waals surface area contributed by atoms with Crippen LogP contribution in [0.2, 0.25) is 0 Å². The van der Waals surface area contributed by atoms with Crippen molar-refractivity contribution in [3.05, 3.63) is 71.2 Å². The van der Waals surface area contributed by atoms with Crippen molar-refractivity contribution in [3.63, 3.8) is 0 Å². The molecule has 8 heteroatoms. The van der Waals surface area contributed by atoms with Crippen LogP contribution in [0.4, 0.5) is 13.2 Å². The summed E-state index contributed by atoms with van der Waals surface area (Å²) in [7, 11) is 0. The lowest BCUT2D eigenvalue weighted by atomic mass is 10.1. The van der Waals surface area contributed by atoms with Crippen LogP contribution in [-0.2, 0) is 12.6 Å². The molecule has 1 saturated heterocycles. The number of aromatic nitrogens is 4. The highest BCUT2D eigenvalue weighted by Gasteiger charge is 2.31. The minimum absolute atomic E-state index is 0.138. The van der Waals surface area contributed by atoms with Crippen LogP contribution in [0, 0.1) is 13.8 Å². The molecule has 1 aliphatic heterocycles. The predicted octanol–water partition coefficient (Wildman–Crippen LogP) is 6.14. The molecule has 0 spiro atoms. The average molecular weight is 480 g/mol. The first kappa shape index (κ1) is 23.5. The fourth-order valence-electron chi connectivity index (χ4n) is 4.89. The van der Waals surface area contributed by atoms with Gasteiger partial charge in [-0.05, 0) is 82.5 Å². The van der Waals surface area contributed by atoms with Crippen LogP contribution >= 0.6 is 0 Å². The van der Waals surface area contributed by atoms with Gasteiger partial charge in [0.1, 0.15) is 0 Å². The standard InChI is InChI=1S/C27H28F3N5/c1-17-13-22(27(28,29)30)15-26(32-17)35-19(3)23(16-31-35)25-9-7-21-14-20(6-8-24(21)33-25)10-12-34-11-4-5-18(34)2/h6-9,13-16,18H,4-5,10-12H2,1-3H3/t18-/m1/s1. The van der Waals surface area contributed by atoms with Crippen molar-refractivity contribution in [2.75, 3.05) is 13.1 Å². The van der Waals surface area contributed by atoms with Crippen molar-refractivity contribution >= 4 is 10.9 Å². The van der Waals surface area contributed by atoms with Crippen molar-refractivity contribution in [1.82, 2.24) is 24.6 Å². The molecular weight excluding hydrogens is 451 g/mol. The summed E-state index contributed by atoms with van der Waals surface area (Å²) < 4.78 is 41.3. The van der Waals surface area contributed by atoms with E-state index in [2.05, 4.69) is 34.0 Å². The lowest BCUT2D eigenvalue weighted by molar-refractivity contribution is -0.137. The highest BCUT2D eigenvalue weighted by atomic mass is 19.4. The third-order valence-electron chi connectivity index (χ3n) is 6.90. The monoisotopic (exact) mass is 479 g/mol. The molecule has 1 aromatic carbocycles. The largest absolute Gasteiger partial charge is 0.416 e. The molecule has 4 heterocycles. The summed E-state index contributed by atoms with van der Waals surface area (Å²) in [5, 5.41) is 5.40. The van der Waals surface area contributed by atoms with Gasteiger partial charge < -0.3 is 4.90 Å². The van der Waals surface area contributed by atoms with E-state index in [1.807, 2.05) is 25.1 Å². The molecule has 0 radical (unpaired) electrons. The van der Waals surface area contributed by atoms with Gasteiger partial charge in [0.15, 0.2) is 5.82 Å². The zero-order valence-corrected chi connectivity index (χ0v) is 20.1. The number of nitrogens with zero attached hydrogens (tertiary/aromatic N) is 5. The van der Waals surface area contributed by atoms with Gasteiger partial charge in [-0.1, -0.05) is 12.1 Å². The Labute approximate surface area is 202 Å². The Balaban J connectivity index is 1.41. The minimum Gasteiger partial charge on any atom is -0.300 e. The Hall–Kier alpha value is -3.26. The maximum Gasteiger partial charge on any atom is 0.416 e. The molecule has 35 heavy (non-hydrogen) atoms. The SMILES string of the molecule is Cc1cc(C(F)(F)F)cc(-n2ncc(-c3ccc4cc(CCN5CCC[C@H]5C)ccc4n3)c2C)n1. The van der Waals surface area contributed by atoms with Gasteiger partial charge in [-0.3, -0.25) is 0 Å². The molecule has 4 aromatic rings. The second-order valence-corrected chi connectivity index (χ2v) is 9.41. The molecule has 0 bridgehead atoms. The summed E-state index contributed by atoms with van der Waals surface area (Å²) in [6.45, 7) is 7.91. The van der Waals surface area contributed by atoms with Crippen LogP contribution in [0.3, 0.4) is 0 Å². The number of halogens is 3. The molecule has 0 N–H and O–H groups in total. The van der Waals surface area contributed by atoms with E-state index in [0.29, 0.717) is 11.7 Å². The maximum atomic E-state index is 13.3. The zero-order valence-electron chi connectivity index (χ0n) is 20.1. The fraction of sp³-hybridized carbons (Fsp3) is 0.370. The van der Waals surface area contributed by atoms with E-state index < -0.39 is 11.7 Å². The normalized spacial score (nSPS) is 16.9. The summed E-state index contributed by atoms with van der Waals surface area (Å²) in [6, 6.07) is 13.1. The molecule has 182 valence electrons. The topological polar surface area (TPSA) is 46.8 Å². The molecule has 0 saturated carbocycles. The summed E-state index contributed by atoms with van der Waals surface area (Å²) in [5.41, 5.74) is 3.88. The van der Waals surface area contributed by atoms with Crippen molar-refractivity contribution in [1.29, 1.82) is 0 Å². The Kier molecular flexibility index (Phi) is 6.09. The Morgan fingerprint density at radius 2 is 1.86 bits per heavy atom. The Bertz CT molecular complexity index is 1380. The van der Waals surface area contributed by atoms with Gasteiger partial charge >= 0.3 is 6.18 Å². The van der Waals surface area contributed by atoms with Crippen LogP contribution in [0.5, 0.6) is 0 Å². The average Bonchev–Trinajstić information content (AvgIpc) is 3.41. The lowest BCUT2D eigenvalue weighted by Gasteiger charge is -2.20. The van der Waals surface area contributed by atoms with Crippen molar-refractivity contribution in [2.45, 2.75) is 52.3 Å². The van der Waals surface area contributed by atoms with Gasteiger partial charge in [0.2, 0.25) is 0 Å². The van der Waals surface area contributed by atoms with Crippen molar-refractivity contribution in [2.24, 2.45) is 0 Å². The molecule has 1 fully saturated rings. The number of hydrogen-bond donors (Lipinski definition) is 0. The number of benzene rings is 1. The van der Waals surface area contributed by atoms with Crippen LogP contribution in [-0.4, -0.2) is 43.8 Å². The number of pyridine rings is 2. The van der Waals surface area contributed by atoms with E-state index in [1.165, 1.54) is 29.6 Å². The summed E-state index contributed by atoms with van der Waals surface area (Å²) >= 11 is 0. The summed E-state index contributed by atoms with van der Waals surface area (Å²) in [4.78, 5) is 11.6. The molecule has 1 aliphatic rings. The fourth-order valence-corrected chi connectivity index (χ4v) is 4.89. The molecule has 5 rings (SSSR count). The highest BCUT2D eigenvalue weighted by Crippen LogP contribution is 2.32. The van der Waals surface area contributed by atoms with Gasteiger partial charge in [-0.2, -0.15) is 18.3 Å². The molecule has 5 nitrogen and oxygen atoms in total. The zero-order chi connectivity index (χ0) is 24.7. The minimum atomic E-state index is -4.45. The second kappa shape index (κ2) is 9.07. The van der Waals surface area contributed by atoms with Gasteiger partial charge in [-0.15, -0.1) is 0 Å². The number of likely N-dealkylation sites (tertiary alicyclic amines) is 1. The number of fused-ring (bicyclic) bond motifs is 1. The van der Waals surface area contributed by atoms with Crippen molar-refractivity contribution in [3.8, 4) is 17.1 Å².